The number of ether oxygens (including phenoxy) is 1. The molecule has 0 aromatic heterocycles. The third kappa shape index (κ3) is 1.46. The molecule has 2 rings (SSSR count). The zero-order chi connectivity index (χ0) is 9.47. The minimum Gasteiger partial charge on any atom is -0.481 e. The molecule has 2 fully saturated rings. The van der Waals surface area contributed by atoms with Crippen LogP contribution in [0.3, 0.4) is 0 Å². The van der Waals surface area contributed by atoms with E-state index in [4.69, 9.17) is 9.84 Å². The highest BCUT2D eigenvalue weighted by Gasteiger charge is 2.58. The standard InChI is InChI=1S/C10H16O3/c1-13-7-2-4-10(5-3-7)6-8(10)9(11)12/h7-8H,2-6H2,1H3,(H,11,12)/t7?,8-,10?/m1/s1. The van der Waals surface area contributed by atoms with E-state index in [1.165, 1.54) is 0 Å². The van der Waals surface area contributed by atoms with Gasteiger partial charge < -0.3 is 9.84 Å². The van der Waals surface area contributed by atoms with Gasteiger partial charge in [-0.2, -0.15) is 0 Å². The molecule has 0 heterocycles. The summed E-state index contributed by atoms with van der Waals surface area (Å²) in [6, 6.07) is 0. The molecule has 0 bridgehead atoms. The number of hydrogen-bond acceptors (Lipinski definition) is 2. The number of carboxylic acid groups (broad SMARTS) is 1. The van der Waals surface area contributed by atoms with E-state index in [9.17, 15) is 4.79 Å². The van der Waals surface area contributed by atoms with E-state index < -0.39 is 5.97 Å². The van der Waals surface area contributed by atoms with Crippen molar-refractivity contribution in [2.24, 2.45) is 11.3 Å². The lowest BCUT2D eigenvalue weighted by atomic mass is 9.83. The number of aliphatic carboxylic acids is 1. The molecule has 3 nitrogen and oxygen atoms in total. The zero-order valence-electron chi connectivity index (χ0n) is 7.95. The minimum absolute atomic E-state index is 0.0506. The van der Waals surface area contributed by atoms with Gasteiger partial charge in [-0.1, -0.05) is 0 Å². The normalized spacial score (nSPS) is 43.5. The van der Waals surface area contributed by atoms with Crippen molar-refractivity contribution >= 4 is 5.97 Å². The Balaban J connectivity index is 1.89. The summed E-state index contributed by atoms with van der Waals surface area (Å²) in [6.07, 6.45) is 5.45. The van der Waals surface area contributed by atoms with Gasteiger partial charge in [0.15, 0.2) is 0 Å². The van der Waals surface area contributed by atoms with E-state index in [0.29, 0.717) is 6.10 Å². The molecule has 0 amide bonds. The van der Waals surface area contributed by atoms with Crippen molar-refractivity contribution in [3.8, 4) is 0 Å². The van der Waals surface area contributed by atoms with Crippen LogP contribution < -0.4 is 0 Å². The molecule has 2 aliphatic rings. The maximum Gasteiger partial charge on any atom is 0.307 e. The van der Waals surface area contributed by atoms with Crippen molar-refractivity contribution in [1.29, 1.82) is 0 Å². The molecule has 1 N–H and O–H groups in total. The van der Waals surface area contributed by atoms with E-state index in [0.717, 1.165) is 32.1 Å². The number of hydrogen-bond donors (Lipinski definition) is 1. The lowest BCUT2D eigenvalue weighted by Crippen LogP contribution is -2.23. The van der Waals surface area contributed by atoms with Crippen molar-refractivity contribution in [1.82, 2.24) is 0 Å². The van der Waals surface area contributed by atoms with Gasteiger partial charge in [0, 0.05) is 7.11 Å². The van der Waals surface area contributed by atoms with Gasteiger partial charge in [0.1, 0.15) is 0 Å². The fourth-order valence-corrected chi connectivity index (χ4v) is 2.65. The molecular formula is C10H16O3. The third-order valence-corrected chi connectivity index (χ3v) is 3.75. The molecule has 1 atom stereocenters. The fourth-order valence-electron chi connectivity index (χ4n) is 2.65. The third-order valence-electron chi connectivity index (χ3n) is 3.75. The summed E-state index contributed by atoms with van der Waals surface area (Å²) in [5.41, 5.74) is 0.168. The van der Waals surface area contributed by atoms with E-state index in [2.05, 4.69) is 0 Å². The summed E-state index contributed by atoms with van der Waals surface area (Å²) in [5, 5.41) is 8.86. The Morgan fingerprint density at radius 3 is 2.46 bits per heavy atom. The Kier molecular flexibility index (Phi) is 2.06. The second-order valence-electron chi connectivity index (χ2n) is 4.39. The molecule has 3 heteroatoms. The highest BCUT2D eigenvalue weighted by atomic mass is 16.5. The van der Waals surface area contributed by atoms with Crippen LogP contribution in [0.5, 0.6) is 0 Å². The second-order valence-corrected chi connectivity index (χ2v) is 4.39. The van der Waals surface area contributed by atoms with E-state index in [-0.39, 0.29) is 11.3 Å². The van der Waals surface area contributed by atoms with Gasteiger partial charge >= 0.3 is 5.97 Å². The number of methoxy groups -OCH3 is 1. The largest absolute Gasteiger partial charge is 0.481 e. The first-order valence-corrected chi connectivity index (χ1v) is 4.93. The lowest BCUT2D eigenvalue weighted by Gasteiger charge is -2.27. The molecule has 0 saturated heterocycles. The Labute approximate surface area is 78.1 Å². The first-order chi connectivity index (χ1) is 6.18. The first kappa shape index (κ1) is 9.00. The van der Waals surface area contributed by atoms with Crippen molar-refractivity contribution in [3.05, 3.63) is 0 Å². The summed E-state index contributed by atoms with van der Waals surface area (Å²) in [7, 11) is 1.74. The van der Waals surface area contributed by atoms with Gasteiger partial charge in [0.2, 0.25) is 0 Å². The van der Waals surface area contributed by atoms with E-state index in [1.54, 1.807) is 7.11 Å². The molecule has 1 spiro atoms. The lowest BCUT2D eigenvalue weighted by molar-refractivity contribution is -0.139. The van der Waals surface area contributed by atoms with Crippen molar-refractivity contribution < 1.29 is 14.6 Å². The zero-order valence-corrected chi connectivity index (χ0v) is 7.95. The van der Waals surface area contributed by atoms with Gasteiger partial charge in [-0.15, -0.1) is 0 Å². The molecular weight excluding hydrogens is 168 g/mol. The molecule has 0 aromatic carbocycles. The van der Waals surface area contributed by atoms with Crippen LogP contribution >= 0.6 is 0 Å². The Morgan fingerprint density at radius 2 is 2.08 bits per heavy atom. The highest BCUT2D eigenvalue weighted by molar-refractivity contribution is 5.74. The van der Waals surface area contributed by atoms with Crippen molar-refractivity contribution in [2.45, 2.75) is 38.2 Å². The van der Waals surface area contributed by atoms with E-state index >= 15 is 0 Å². The average Bonchev–Trinajstić information content (AvgIpc) is 2.82. The summed E-state index contributed by atoms with van der Waals surface area (Å²) in [5.74, 6) is -0.652. The fraction of sp³-hybridized carbons (Fsp3) is 0.900. The van der Waals surface area contributed by atoms with Crippen LogP contribution in [0.4, 0.5) is 0 Å². The topological polar surface area (TPSA) is 46.5 Å². The average molecular weight is 184 g/mol. The summed E-state index contributed by atoms with van der Waals surface area (Å²) in [4.78, 5) is 10.8. The molecule has 0 aromatic rings. The van der Waals surface area contributed by atoms with Crippen molar-refractivity contribution in [2.75, 3.05) is 7.11 Å². The van der Waals surface area contributed by atoms with Gasteiger partial charge in [-0.3, -0.25) is 4.79 Å². The molecule has 13 heavy (non-hydrogen) atoms. The quantitative estimate of drug-likeness (QED) is 0.710. The Hall–Kier alpha value is -0.570. The summed E-state index contributed by atoms with van der Waals surface area (Å²) < 4.78 is 5.26. The number of carbonyl (C=O) groups is 1. The second kappa shape index (κ2) is 2.98. The summed E-state index contributed by atoms with van der Waals surface area (Å²) >= 11 is 0. The van der Waals surface area contributed by atoms with Gasteiger partial charge in [-0.25, -0.2) is 0 Å². The molecule has 0 radical (unpaired) electrons. The Morgan fingerprint density at radius 1 is 1.46 bits per heavy atom. The smallest absolute Gasteiger partial charge is 0.307 e. The monoisotopic (exact) mass is 184 g/mol. The summed E-state index contributed by atoms with van der Waals surface area (Å²) in [6.45, 7) is 0. The maximum atomic E-state index is 10.8. The molecule has 0 aliphatic heterocycles. The molecule has 74 valence electrons. The van der Waals surface area contributed by atoms with Gasteiger partial charge in [-0.05, 0) is 37.5 Å². The van der Waals surface area contributed by atoms with Crippen LogP contribution in [0.1, 0.15) is 32.1 Å². The van der Waals surface area contributed by atoms with E-state index in [1.807, 2.05) is 0 Å². The van der Waals surface area contributed by atoms with Crippen LogP contribution in [0, 0.1) is 11.3 Å². The first-order valence-electron chi connectivity index (χ1n) is 4.93. The van der Waals surface area contributed by atoms with Crippen LogP contribution in [-0.4, -0.2) is 24.3 Å². The van der Waals surface area contributed by atoms with Gasteiger partial charge in [0.05, 0.1) is 12.0 Å². The molecule has 0 unspecified atom stereocenters. The van der Waals surface area contributed by atoms with Crippen LogP contribution in [-0.2, 0) is 9.53 Å². The Bertz CT molecular complexity index is 216. The van der Waals surface area contributed by atoms with Crippen molar-refractivity contribution in [3.63, 3.8) is 0 Å². The molecule has 2 saturated carbocycles. The predicted molar refractivity (Wildman–Crippen MR) is 47.4 cm³/mol. The number of carboxylic acids is 1. The van der Waals surface area contributed by atoms with Crippen LogP contribution in [0.25, 0.3) is 0 Å². The maximum absolute atomic E-state index is 10.8. The highest BCUT2D eigenvalue weighted by Crippen LogP contribution is 2.61. The predicted octanol–water partition coefficient (Wildman–Crippen LogP) is 1.67. The SMILES string of the molecule is COC1CCC2(CC1)C[C@@H]2C(=O)O. The number of rotatable bonds is 2. The van der Waals surface area contributed by atoms with Gasteiger partial charge in [0.25, 0.3) is 0 Å². The van der Waals surface area contributed by atoms with Crippen LogP contribution in [0.2, 0.25) is 0 Å². The molecule has 2 aliphatic carbocycles. The minimum atomic E-state index is -0.601. The van der Waals surface area contributed by atoms with Crippen LogP contribution in [0.15, 0.2) is 0 Å².